The summed E-state index contributed by atoms with van der Waals surface area (Å²) >= 11 is 3.54. The predicted molar refractivity (Wildman–Crippen MR) is 72.6 cm³/mol. The molecule has 0 heterocycles. The van der Waals surface area contributed by atoms with E-state index in [0.717, 1.165) is 19.3 Å². The van der Waals surface area contributed by atoms with Crippen molar-refractivity contribution in [3.63, 3.8) is 0 Å². The molecule has 17 heavy (non-hydrogen) atoms. The number of halogens is 2. The molecule has 0 saturated carbocycles. The van der Waals surface area contributed by atoms with E-state index in [1.807, 2.05) is 18.2 Å². The molecule has 0 amide bonds. The first-order chi connectivity index (χ1) is 8.25. The molecular weight excluding hydrogens is 279 g/mol. The van der Waals surface area contributed by atoms with Gasteiger partial charge in [-0.15, -0.1) is 0 Å². The second-order valence-electron chi connectivity index (χ2n) is 4.07. The third-order valence-corrected chi connectivity index (χ3v) is 3.56. The van der Waals surface area contributed by atoms with Gasteiger partial charge in [0, 0.05) is 4.47 Å². The minimum Gasteiger partial charge on any atom is -0.207 e. The number of rotatable bonds is 4. The van der Waals surface area contributed by atoms with E-state index in [4.69, 9.17) is 0 Å². The van der Waals surface area contributed by atoms with Gasteiger partial charge in [-0.3, -0.25) is 0 Å². The van der Waals surface area contributed by atoms with Crippen molar-refractivity contribution in [2.24, 2.45) is 0 Å². The smallest absolute Gasteiger partial charge is 0.123 e. The van der Waals surface area contributed by atoms with Gasteiger partial charge in [0.25, 0.3) is 0 Å². The van der Waals surface area contributed by atoms with Crippen LogP contribution in [0.3, 0.4) is 0 Å². The van der Waals surface area contributed by atoms with E-state index in [0.29, 0.717) is 0 Å². The molecule has 88 valence electrons. The lowest BCUT2D eigenvalue weighted by molar-refractivity contribution is 0.626. The Morgan fingerprint density at radius 3 is 2.29 bits per heavy atom. The van der Waals surface area contributed by atoms with Crippen molar-refractivity contribution in [1.82, 2.24) is 0 Å². The summed E-state index contributed by atoms with van der Waals surface area (Å²) in [5, 5.41) is 0. The van der Waals surface area contributed by atoms with Gasteiger partial charge < -0.3 is 0 Å². The molecule has 0 bridgehead atoms. The van der Waals surface area contributed by atoms with Crippen LogP contribution in [0.5, 0.6) is 0 Å². The average Bonchev–Trinajstić information content (AvgIpc) is 2.34. The van der Waals surface area contributed by atoms with E-state index >= 15 is 0 Å². The standard InChI is InChI=1S/C15H14BrF/c16-15-7-2-1-5-13(15)6-3-4-12-8-10-14(17)11-9-12/h1-2,5,7-11H,3-4,6H2. The van der Waals surface area contributed by atoms with Crippen LogP contribution in [0.1, 0.15) is 17.5 Å². The Morgan fingerprint density at radius 1 is 0.882 bits per heavy atom. The van der Waals surface area contributed by atoms with Crippen LogP contribution in [0.2, 0.25) is 0 Å². The van der Waals surface area contributed by atoms with E-state index in [1.165, 1.54) is 27.7 Å². The minimum atomic E-state index is -0.167. The first-order valence-corrected chi connectivity index (χ1v) is 6.53. The molecule has 0 aliphatic rings. The fraction of sp³-hybridized carbons (Fsp3) is 0.200. The highest BCUT2D eigenvalue weighted by Gasteiger charge is 1.99. The zero-order chi connectivity index (χ0) is 12.1. The molecule has 0 N–H and O–H groups in total. The van der Waals surface area contributed by atoms with Gasteiger partial charge in [0.2, 0.25) is 0 Å². The Morgan fingerprint density at radius 2 is 1.59 bits per heavy atom. The second-order valence-corrected chi connectivity index (χ2v) is 4.93. The van der Waals surface area contributed by atoms with Crippen LogP contribution in [0.25, 0.3) is 0 Å². The minimum absolute atomic E-state index is 0.167. The van der Waals surface area contributed by atoms with E-state index in [2.05, 4.69) is 34.1 Å². The molecule has 2 aromatic carbocycles. The topological polar surface area (TPSA) is 0 Å². The molecule has 0 unspecified atom stereocenters. The summed E-state index contributed by atoms with van der Waals surface area (Å²) in [5.74, 6) is -0.167. The maximum atomic E-state index is 12.7. The van der Waals surface area contributed by atoms with Gasteiger partial charge in [0.15, 0.2) is 0 Å². The fourth-order valence-electron chi connectivity index (χ4n) is 1.84. The normalized spacial score (nSPS) is 10.5. The first kappa shape index (κ1) is 12.3. The summed E-state index contributed by atoms with van der Waals surface area (Å²) in [4.78, 5) is 0. The van der Waals surface area contributed by atoms with Crippen LogP contribution < -0.4 is 0 Å². The number of hydrogen-bond donors (Lipinski definition) is 0. The van der Waals surface area contributed by atoms with Gasteiger partial charge in [-0.05, 0) is 48.6 Å². The van der Waals surface area contributed by atoms with Crippen LogP contribution in [0.4, 0.5) is 4.39 Å². The lowest BCUT2D eigenvalue weighted by Crippen LogP contribution is -1.91. The summed E-state index contributed by atoms with van der Waals surface area (Å²) in [6.07, 6.45) is 3.11. The van der Waals surface area contributed by atoms with Crippen LogP contribution in [0, 0.1) is 5.82 Å². The van der Waals surface area contributed by atoms with Crippen molar-refractivity contribution >= 4 is 15.9 Å². The summed E-state index contributed by atoms with van der Waals surface area (Å²) in [7, 11) is 0. The van der Waals surface area contributed by atoms with Crippen molar-refractivity contribution in [3.8, 4) is 0 Å². The van der Waals surface area contributed by atoms with Gasteiger partial charge in [0.05, 0.1) is 0 Å². The largest absolute Gasteiger partial charge is 0.207 e. The zero-order valence-electron chi connectivity index (χ0n) is 9.50. The third kappa shape index (κ3) is 3.67. The average molecular weight is 293 g/mol. The molecule has 2 aromatic rings. The molecule has 0 fully saturated rings. The zero-order valence-corrected chi connectivity index (χ0v) is 11.1. The maximum Gasteiger partial charge on any atom is 0.123 e. The third-order valence-electron chi connectivity index (χ3n) is 2.78. The van der Waals surface area contributed by atoms with Crippen molar-refractivity contribution in [2.75, 3.05) is 0 Å². The highest BCUT2D eigenvalue weighted by Crippen LogP contribution is 2.18. The lowest BCUT2D eigenvalue weighted by Gasteiger charge is -2.04. The molecule has 2 rings (SSSR count). The highest BCUT2D eigenvalue weighted by atomic mass is 79.9. The maximum absolute atomic E-state index is 12.7. The van der Waals surface area contributed by atoms with Crippen molar-refractivity contribution in [2.45, 2.75) is 19.3 Å². The Bertz CT molecular complexity index is 477. The first-order valence-electron chi connectivity index (χ1n) is 5.73. The van der Waals surface area contributed by atoms with Crippen molar-refractivity contribution < 1.29 is 4.39 Å². The Balaban J connectivity index is 1.88. The van der Waals surface area contributed by atoms with Crippen LogP contribution in [0.15, 0.2) is 53.0 Å². The Hall–Kier alpha value is -1.15. The van der Waals surface area contributed by atoms with Gasteiger partial charge in [-0.1, -0.05) is 46.3 Å². The summed E-state index contributed by atoms with van der Waals surface area (Å²) in [5.41, 5.74) is 2.52. The molecule has 0 saturated heterocycles. The van der Waals surface area contributed by atoms with Crippen LogP contribution in [-0.2, 0) is 12.8 Å². The quantitative estimate of drug-likeness (QED) is 0.762. The summed E-state index contributed by atoms with van der Waals surface area (Å²) < 4.78 is 13.9. The second kappa shape index (κ2) is 5.97. The fourth-order valence-corrected chi connectivity index (χ4v) is 2.32. The van der Waals surface area contributed by atoms with Gasteiger partial charge in [-0.2, -0.15) is 0 Å². The van der Waals surface area contributed by atoms with Gasteiger partial charge in [0.1, 0.15) is 5.82 Å². The van der Waals surface area contributed by atoms with Crippen molar-refractivity contribution in [1.29, 1.82) is 0 Å². The molecule has 0 radical (unpaired) electrons. The Labute approximate surface area is 110 Å². The molecular formula is C15H14BrF. The van der Waals surface area contributed by atoms with E-state index < -0.39 is 0 Å². The van der Waals surface area contributed by atoms with Crippen LogP contribution in [-0.4, -0.2) is 0 Å². The SMILES string of the molecule is Fc1ccc(CCCc2ccccc2Br)cc1. The van der Waals surface area contributed by atoms with E-state index in [1.54, 1.807) is 0 Å². The predicted octanol–water partition coefficient (Wildman–Crippen LogP) is 4.76. The molecule has 0 spiro atoms. The molecule has 0 atom stereocenters. The van der Waals surface area contributed by atoms with Gasteiger partial charge in [-0.25, -0.2) is 4.39 Å². The molecule has 2 heteroatoms. The molecule has 0 aliphatic heterocycles. The van der Waals surface area contributed by atoms with Crippen molar-refractivity contribution in [3.05, 3.63) is 69.9 Å². The van der Waals surface area contributed by atoms with E-state index in [-0.39, 0.29) is 5.82 Å². The van der Waals surface area contributed by atoms with Crippen LogP contribution >= 0.6 is 15.9 Å². The molecule has 0 nitrogen and oxygen atoms in total. The summed E-state index contributed by atoms with van der Waals surface area (Å²) in [6, 6.07) is 15.0. The lowest BCUT2D eigenvalue weighted by atomic mass is 10.0. The summed E-state index contributed by atoms with van der Waals surface area (Å²) in [6.45, 7) is 0. The highest BCUT2D eigenvalue weighted by molar-refractivity contribution is 9.10. The number of aryl methyl sites for hydroxylation is 2. The molecule has 0 aromatic heterocycles. The monoisotopic (exact) mass is 292 g/mol. The Kier molecular flexibility index (Phi) is 4.32. The molecule has 0 aliphatic carbocycles. The number of hydrogen-bond acceptors (Lipinski definition) is 0. The van der Waals surface area contributed by atoms with E-state index in [9.17, 15) is 4.39 Å². The number of benzene rings is 2. The van der Waals surface area contributed by atoms with Gasteiger partial charge >= 0.3 is 0 Å².